The van der Waals surface area contributed by atoms with Crippen molar-refractivity contribution in [1.29, 1.82) is 0 Å². The molecule has 10 nitrogen and oxygen atoms in total. The molecule has 4 heterocycles. The second-order valence-corrected chi connectivity index (χ2v) is 9.15. The van der Waals surface area contributed by atoms with E-state index in [-0.39, 0.29) is 24.9 Å². The molecule has 0 spiro atoms. The standard InChI is InChI=1S/C24H24N6O4S/c1-2-25-22(32)30-23-29-18-10-14(9-16(20(18)35-23)17-5-3-4-7-26-17)15-11-27-21(28-12-15)24(33)6-8-34-13-19(24)31/h3-5,7,9-12,19,31,33H,2,6,8,13H2,1H3,(H2,25,29,30,32). The van der Waals surface area contributed by atoms with Crippen molar-refractivity contribution in [1.82, 2.24) is 25.3 Å². The number of aromatic nitrogens is 4. The minimum atomic E-state index is -1.55. The second kappa shape index (κ2) is 9.62. The number of fused-ring (bicyclic) bond motifs is 1. The first-order chi connectivity index (χ1) is 17.0. The van der Waals surface area contributed by atoms with Gasteiger partial charge in [0, 0.05) is 49.3 Å². The van der Waals surface area contributed by atoms with Crippen LogP contribution in [0.25, 0.3) is 32.6 Å². The Bertz CT molecular complexity index is 1350. The van der Waals surface area contributed by atoms with Crippen LogP contribution in [0.15, 0.2) is 48.9 Å². The van der Waals surface area contributed by atoms with Gasteiger partial charge in [-0.2, -0.15) is 0 Å². The molecule has 180 valence electrons. The molecule has 5 rings (SSSR count). The lowest BCUT2D eigenvalue weighted by Gasteiger charge is -2.35. The van der Waals surface area contributed by atoms with Crippen LogP contribution in [0.2, 0.25) is 0 Å². The molecular weight excluding hydrogens is 468 g/mol. The number of thiazole rings is 1. The molecule has 4 aromatic rings. The SMILES string of the molecule is CCNC(=O)Nc1nc2cc(-c3cnc(C4(O)CCOCC4O)nc3)cc(-c3ccccn3)c2s1. The first-order valence-corrected chi connectivity index (χ1v) is 12.0. The van der Waals surface area contributed by atoms with Crippen LogP contribution in [0.1, 0.15) is 19.2 Å². The fourth-order valence-corrected chi connectivity index (χ4v) is 4.92. The first-order valence-electron chi connectivity index (χ1n) is 11.2. The van der Waals surface area contributed by atoms with E-state index in [1.54, 1.807) is 18.6 Å². The van der Waals surface area contributed by atoms with Gasteiger partial charge >= 0.3 is 6.03 Å². The lowest BCUT2D eigenvalue weighted by Crippen LogP contribution is -2.48. The Kier molecular flexibility index (Phi) is 6.39. The van der Waals surface area contributed by atoms with E-state index in [1.165, 1.54) is 11.3 Å². The highest BCUT2D eigenvalue weighted by atomic mass is 32.1. The van der Waals surface area contributed by atoms with Gasteiger partial charge in [0.25, 0.3) is 0 Å². The van der Waals surface area contributed by atoms with Crippen LogP contribution in [0.4, 0.5) is 9.93 Å². The smallest absolute Gasteiger partial charge is 0.321 e. The molecule has 0 aliphatic carbocycles. The molecule has 0 saturated carbocycles. The van der Waals surface area contributed by atoms with Crippen LogP contribution >= 0.6 is 11.3 Å². The zero-order valence-corrected chi connectivity index (χ0v) is 19.7. The molecule has 1 aliphatic heterocycles. The zero-order chi connectivity index (χ0) is 24.4. The second-order valence-electron chi connectivity index (χ2n) is 8.15. The molecule has 2 amide bonds. The highest BCUT2D eigenvalue weighted by Crippen LogP contribution is 2.38. The topological polar surface area (TPSA) is 142 Å². The number of pyridine rings is 1. The fraction of sp³-hybridized carbons (Fsp3) is 0.292. The summed E-state index contributed by atoms with van der Waals surface area (Å²) in [7, 11) is 0. The number of urea groups is 1. The van der Waals surface area contributed by atoms with Gasteiger partial charge in [0.2, 0.25) is 0 Å². The molecule has 2 unspecified atom stereocenters. The van der Waals surface area contributed by atoms with Gasteiger partial charge in [-0.05, 0) is 36.8 Å². The van der Waals surface area contributed by atoms with Gasteiger partial charge in [-0.1, -0.05) is 17.4 Å². The van der Waals surface area contributed by atoms with Gasteiger partial charge in [-0.15, -0.1) is 0 Å². The Hall–Kier alpha value is -3.51. The number of nitrogens with zero attached hydrogens (tertiary/aromatic N) is 4. The summed E-state index contributed by atoms with van der Waals surface area (Å²) in [5.41, 5.74) is 2.30. The number of carbonyl (C=O) groups is 1. The van der Waals surface area contributed by atoms with Crippen molar-refractivity contribution in [3.63, 3.8) is 0 Å². The monoisotopic (exact) mass is 492 g/mol. The predicted octanol–water partition coefficient (Wildman–Crippen LogP) is 2.93. The van der Waals surface area contributed by atoms with Gasteiger partial charge in [0.1, 0.15) is 6.10 Å². The fourth-order valence-electron chi connectivity index (χ4n) is 3.96. The zero-order valence-electron chi connectivity index (χ0n) is 18.9. The van der Waals surface area contributed by atoms with Crippen molar-refractivity contribution < 1.29 is 19.7 Å². The number of ether oxygens (including phenoxy) is 1. The molecule has 0 bridgehead atoms. The number of hydrogen-bond donors (Lipinski definition) is 4. The van der Waals surface area contributed by atoms with Crippen LogP contribution in [-0.2, 0) is 10.3 Å². The molecule has 0 radical (unpaired) electrons. The quantitative estimate of drug-likeness (QED) is 0.333. The third-order valence-electron chi connectivity index (χ3n) is 5.82. The number of rotatable bonds is 5. The summed E-state index contributed by atoms with van der Waals surface area (Å²) < 4.78 is 6.11. The number of aliphatic hydroxyl groups excluding tert-OH is 1. The van der Waals surface area contributed by atoms with E-state index < -0.39 is 11.7 Å². The summed E-state index contributed by atoms with van der Waals surface area (Å²) in [5, 5.41) is 27.1. The largest absolute Gasteiger partial charge is 0.387 e. The Morgan fingerprint density at radius 2 is 2.06 bits per heavy atom. The number of aliphatic hydroxyl groups is 2. The lowest BCUT2D eigenvalue weighted by atomic mass is 9.90. The normalized spacial score (nSPS) is 20.0. The average molecular weight is 493 g/mol. The molecular formula is C24H24N6O4S. The number of carbonyl (C=O) groups excluding carboxylic acids is 1. The minimum Gasteiger partial charge on any atom is -0.387 e. The maximum absolute atomic E-state index is 12.0. The van der Waals surface area contributed by atoms with E-state index in [0.717, 1.165) is 21.5 Å². The van der Waals surface area contributed by atoms with Crippen LogP contribution in [-0.4, -0.2) is 62.0 Å². The summed E-state index contributed by atoms with van der Waals surface area (Å²) in [6.45, 7) is 2.70. The van der Waals surface area contributed by atoms with Gasteiger partial charge < -0.3 is 20.3 Å². The summed E-state index contributed by atoms with van der Waals surface area (Å²) in [6.07, 6.45) is 4.07. The molecule has 1 saturated heterocycles. The summed E-state index contributed by atoms with van der Waals surface area (Å²) in [4.78, 5) is 29.9. The van der Waals surface area contributed by atoms with Crippen molar-refractivity contribution >= 4 is 32.7 Å². The molecule has 2 atom stereocenters. The van der Waals surface area contributed by atoms with Crippen LogP contribution < -0.4 is 10.6 Å². The van der Waals surface area contributed by atoms with Crippen molar-refractivity contribution in [2.45, 2.75) is 25.0 Å². The number of amides is 2. The minimum absolute atomic E-state index is 0.0299. The van der Waals surface area contributed by atoms with Gasteiger partial charge in [0.05, 0.1) is 22.5 Å². The van der Waals surface area contributed by atoms with E-state index in [0.29, 0.717) is 29.4 Å². The Morgan fingerprint density at radius 1 is 1.23 bits per heavy atom. The van der Waals surface area contributed by atoms with Gasteiger partial charge in [-0.3, -0.25) is 10.3 Å². The molecule has 1 aliphatic rings. The maximum Gasteiger partial charge on any atom is 0.321 e. The average Bonchev–Trinajstić information content (AvgIpc) is 3.28. The van der Waals surface area contributed by atoms with Crippen molar-refractivity contribution in [3.05, 3.63) is 54.7 Å². The third kappa shape index (κ3) is 4.58. The number of anilines is 1. The van der Waals surface area contributed by atoms with Crippen LogP contribution in [0.5, 0.6) is 0 Å². The van der Waals surface area contributed by atoms with E-state index in [9.17, 15) is 15.0 Å². The Morgan fingerprint density at radius 3 is 2.77 bits per heavy atom. The molecule has 1 fully saturated rings. The molecule has 1 aromatic carbocycles. The van der Waals surface area contributed by atoms with Crippen LogP contribution in [0.3, 0.4) is 0 Å². The number of benzene rings is 1. The lowest BCUT2D eigenvalue weighted by molar-refractivity contribution is -0.162. The van der Waals surface area contributed by atoms with E-state index in [1.807, 2.05) is 37.3 Å². The number of hydrogen-bond acceptors (Lipinski definition) is 9. The van der Waals surface area contributed by atoms with E-state index in [4.69, 9.17) is 4.74 Å². The van der Waals surface area contributed by atoms with Crippen molar-refractivity contribution in [2.75, 3.05) is 25.1 Å². The molecule has 35 heavy (non-hydrogen) atoms. The summed E-state index contributed by atoms with van der Waals surface area (Å²) in [6, 6.07) is 9.24. The van der Waals surface area contributed by atoms with Crippen molar-refractivity contribution in [3.8, 4) is 22.4 Å². The van der Waals surface area contributed by atoms with Gasteiger partial charge in [-0.25, -0.2) is 19.7 Å². The molecule has 4 N–H and O–H groups in total. The highest BCUT2D eigenvalue weighted by molar-refractivity contribution is 7.22. The van der Waals surface area contributed by atoms with E-state index in [2.05, 4.69) is 30.6 Å². The molecule has 3 aromatic heterocycles. The van der Waals surface area contributed by atoms with Crippen molar-refractivity contribution in [2.24, 2.45) is 0 Å². The Labute approximate surface area is 205 Å². The number of nitrogens with one attached hydrogen (secondary N) is 2. The summed E-state index contributed by atoms with van der Waals surface area (Å²) in [5.74, 6) is 0.158. The first kappa shape index (κ1) is 23.2. The maximum atomic E-state index is 12.0. The third-order valence-corrected chi connectivity index (χ3v) is 6.84. The Balaban J connectivity index is 1.55. The highest BCUT2D eigenvalue weighted by Gasteiger charge is 2.42. The van der Waals surface area contributed by atoms with Gasteiger partial charge in [0.15, 0.2) is 16.6 Å². The predicted molar refractivity (Wildman–Crippen MR) is 132 cm³/mol. The van der Waals surface area contributed by atoms with E-state index >= 15 is 0 Å². The summed E-state index contributed by atoms with van der Waals surface area (Å²) >= 11 is 1.37. The molecule has 11 heteroatoms. The van der Waals surface area contributed by atoms with Crippen LogP contribution in [0, 0.1) is 0 Å².